The van der Waals surface area contributed by atoms with E-state index in [1.165, 1.54) is 66.8 Å². The summed E-state index contributed by atoms with van der Waals surface area (Å²) >= 11 is 0. The van der Waals surface area contributed by atoms with E-state index in [1.807, 2.05) is 0 Å². The van der Waals surface area contributed by atoms with Crippen LogP contribution in [0.5, 0.6) is 0 Å². The number of benzene rings is 8. The van der Waals surface area contributed by atoms with Gasteiger partial charge in [0, 0.05) is 27.6 Å². The Labute approximate surface area is 333 Å². The second kappa shape index (κ2) is 11.2. The zero-order chi connectivity index (χ0) is 38.3. The van der Waals surface area contributed by atoms with Crippen LogP contribution in [0, 0.1) is 0 Å². The van der Waals surface area contributed by atoms with Crippen LogP contribution in [0.3, 0.4) is 0 Å². The van der Waals surface area contributed by atoms with Gasteiger partial charge in [-0.1, -0.05) is 161 Å². The summed E-state index contributed by atoms with van der Waals surface area (Å²) in [4.78, 5) is 2.49. The summed E-state index contributed by atoms with van der Waals surface area (Å²) in [5.74, 6) is 0. The molecule has 1 heterocycles. The number of fused-ring (bicyclic) bond motifs is 15. The first kappa shape index (κ1) is 32.6. The molecule has 0 aliphatic heterocycles. The third kappa shape index (κ3) is 4.10. The van der Waals surface area contributed by atoms with Gasteiger partial charge in [0.1, 0.15) is 11.2 Å². The largest absolute Gasteiger partial charge is 0.456 e. The van der Waals surface area contributed by atoms with Gasteiger partial charge in [0.2, 0.25) is 0 Å². The van der Waals surface area contributed by atoms with Gasteiger partial charge in [0.25, 0.3) is 0 Å². The molecule has 0 bridgehead atoms. The molecule has 2 heteroatoms. The van der Waals surface area contributed by atoms with Crippen molar-refractivity contribution in [1.29, 1.82) is 0 Å². The lowest BCUT2D eigenvalue weighted by molar-refractivity contribution is 0.563. The Balaban J connectivity index is 1.18. The first-order chi connectivity index (χ1) is 27.8. The van der Waals surface area contributed by atoms with Crippen LogP contribution in [0.4, 0.5) is 17.1 Å². The maximum absolute atomic E-state index is 6.54. The minimum atomic E-state index is -0.494. The van der Waals surface area contributed by atoms with Gasteiger partial charge in [-0.2, -0.15) is 0 Å². The second-order valence-electron chi connectivity index (χ2n) is 17.2. The zero-order valence-corrected chi connectivity index (χ0v) is 32.6. The van der Waals surface area contributed by atoms with Gasteiger partial charge in [-0.15, -0.1) is 0 Å². The van der Waals surface area contributed by atoms with Crippen molar-refractivity contribution in [3.63, 3.8) is 0 Å². The van der Waals surface area contributed by atoms with Gasteiger partial charge in [0.15, 0.2) is 0 Å². The molecule has 1 aromatic heterocycles. The van der Waals surface area contributed by atoms with Crippen LogP contribution in [0.25, 0.3) is 44.2 Å². The molecule has 12 rings (SSSR count). The first-order valence-corrected chi connectivity index (χ1v) is 20.2. The minimum Gasteiger partial charge on any atom is -0.456 e. The van der Waals surface area contributed by atoms with Crippen molar-refractivity contribution in [2.24, 2.45) is 0 Å². The van der Waals surface area contributed by atoms with Crippen LogP contribution in [0.15, 0.2) is 180 Å². The van der Waals surface area contributed by atoms with E-state index in [-0.39, 0.29) is 10.8 Å². The van der Waals surface area contributed by atoms with Gasteiger partial charge in [0.05, 0.1) is 16.5 Å². The topological polar surface area (TPSA) is 16.4 Å². The van der Waals surface area contributed by atoms with Crippen molar-refractivity contribution in [2.75, 3.05) is 4.90 Å². The predicted octanol–water partition coefficient (Wildman–Crippen LogP) is 14.4. The molecule has 0 fully saturated rings. The summed E-state index contributed by atoms with van der Waals surface area (Å²) in [5.41, 5.74) is 20.4. The van der Waals surface area contributed by atoms with Gasteiger partial charge in [-0.3, -0.25) is 0 Å². The highest BCUT2D eigenvalue weighted by molar-refractivity contribution is 6.13. The van der Waals surface area contributed by atoms with Crippen molar-refractivity contribution >= 4 is 39.0 Å². The number of anilines is 3. The lowest BCUT2D eigenvalue weighted by atomic mass is 9.55. The van der Waals surface area contributed by atoms with Crippen LogP contribution in [0.2, 0.25) is 0 Å². The smallest absolute Gasteiger partial charge is 0.137 e. The molecule has 3 aliphatic rings. The van der Waals surface area contributed by atoms with E-state index in [2.05, 4.69) is 209 Å². The quantitative estimate of drug-likeness (QED) is 0.180. The number of furan rings is 1. The predicted molar refractivity (Wildman–Crippen MR) is 235 cm³/mol. The molecule has 57 heavy (non-hydrogen) atoms. The van der Waals surface area contributed by atoms with Crippen molar-refractivity contribution in [2.45, 2.75) is 43.9 Å². The van der Waals surface area contributed by atoms with Crippen molar-refractivity contribution in [1.82, 2.24) is 0 Å². The van der Waals surface area contributed by atoms with Crippen LogP contribution in [0.1, 0.15) is 72.2 Å². The average Bonchev–Trinajstić information content (AvgIpc) is 3.85. The molecular formula is C55H41NO. The Bertz CT molecular complexity index is 3110. The molecular weight excluding hydrogens is 691 g/mol. The number of hydrogen-bond donors (Lipinski definition) is 0. The summed E-state index contributed by atoms with van der Waals surface area (Å²) in [7, 11) is 0. The second-order valence-corrected chi connectivity index (χ2v) is 17.2. The molecule has 0 saturated heterocycles. The van der Waals surface area contributed by atoms with Crippen LogP contribution < -0.4 is 4.90 Å². The van der Waals surface area contributed by atoms with Gasteiger partial charge < -0.3 is 9.32 Å². The molecule has 8 aromatic carbocycles. The third-order valence-corrected chi connectivity index (χ3v) is 13.7. The van der Waals surface area contributed by atoms with E-state index in [9.17, 15) is 0 Å². The molecule has 0 N–H and O–H groups in total. The zero-order valence-electron chi connectivity index (χ0n) is 32.6. The van der Waals surface area contributed by atoms with E-state index in [1.54, 1.807) is 0 Å². The van der Waals surface area contributed by atoms with Crippen molar-refractivity contribution in [3.05, 3.63) is 220 Å². The van der Waals surface area contributed by atoms with Crippen molar-refractivity contribution < 1.29 is 4.42 Å². The molecule has 9 aromatic rings. The van der Waals surface area contributed by atoms with Gasteiger partial charge in [-0.25, -0.2) is 0 Å². The highest BCUT2D eigenvalue weighted by atomic mass is 16.3. The maximum Gasteiger partial charge on any atom is 0.137 e. The lowest BCUT2D eigenvalue weighted by Gasteiger charge is -2.46. The van der Waals surface area contributed by atoms with Gasteiger partial charge in [-0.05, 0) is 109 Å². The van der Waals surface area contributed by atoms with Crippen LogP contribution >= 0.6 is 0 Å². The van der Waals surface area contributed by atoms with E-state index in [4.69, 9.17) is 4.42 Å². The first-order valence-electron chi connectivity index (χ1n) is 20.2. The van der Waals surface area contributed by atoms with E-state index in [0.717, 1.165) is 39.0 Å². The van der Waals surface area contributed by atoms with Crippen molar-refractivity contribution in [3.8, 4) is 22.3 Å². The summed E-state index contributed by atoms with van der Waals surface area (Å²) in [6.07, 6.45) is 0. The summed E-state index contributed by atoms with van der Waals surface area (Å²) in [6, 6.07) is 65.7. The number of hydrogen-bond acceptors (Lipinski definition) is 2. The highest BCUT2D eigenvalue weighted by Gasteiger charge is 2.53. The Morgan fingerprint density at radius 3 is 1.53 bits per heavy atom. The standard InChI is InChI=1S/C55H41NO/c1-53(2)41-19-8-5-16-36(41)38-30-28-34(32-47(38)53)56(49-25-15-27-51-52(49)40-18-7-14-26-50(40)57-51)35-29-31-39-37-17-6-9-20-42(37)55(48(39)33-35)45-23-12-10-21-43(45)54(3,4)44-22-11-13-24-46(44)55/h5-33H,1-4H3. The fourth-order valence-electron chi connectivity index (χ4n) is 11.2. The lowest BCUT2D eigenvalue weighted by Crippen LogP contribution is -2.40. The molecule has 0 saturated carbocycles. The molecule has 0 amide bonds. The van der Waals surface area contributed by atoms with Gasteiger partial charge >= 0.3 is 0 Å². The highest BCUT2D eigenvalue weighted by Crippen LogP contribution is 2.63. The van der Waals surface area contributed by atoms with E-state index >= 15 is 0 Å². The fourth-order valence-corrected chi connectivity index (χ4v) is 11.2. The molecule has 3 aliphatic carbocycles. The Morgan fingerprint density at radius 2 is 0.842 bits per heavy atom. The minimum absolute atomic E-state index is 0.145. The Morgan fingerprint density at radius 1 is 0.368 bits per heavy atom. The number of para-hydroxylation sites is 1. The molecule has 2 nitrogen and oxygen atoms in total. The van der Waals surface area contributed by atoms with Crippen LogP contribution in [-0.2, 0) is 16.2 Å². The molecule has 0 unspecified atom stereocenters. The summed E-state index contributed by atoms with van der Waals surface area (Å²) in [5, 5.41) is 2.23. The monoisotopic (exact) mass is 731 g/mol. The molecule has 272 valence electrons. The normalized spacial score (nSPS) is 15.8. The molecule has 1 spiro atoms. The van der Waals surface area contributed by atoms with E-state index < -0.39 is 5.41 Å². The molecule has 0 radical (unpaired) electrons. The average molecular weight is 732 g/mol. The summed E-state index contributed by atoms with van der Waals surface area (Å²) < 4.78 is 6.54. The summed E-state index contributed by atoms with van der Waals surface area (Å²) in [6.45, 7) is 9.51. The fraction of sp³-hybridized carbons (Fsp3) is 0.127. The number of nitrogens with zero attached hydrogens (tertiary/aromatic N) is 1. The third-order valence-electron chi connectivity index (χ3n) is 13.7. The Kier molecular flexibility index (Phi) is 6.42. The van der Waals surface area contributed by atoms with Crippen LogP contribution in [-0.4, -0.2) is 0 Å². The SMILES string of the molecule is CC1(C)c2ccccc2-c2ccc(N(c3ccc4c(c3)C3(c5ccccc5-4)c4ccccc4C(C)(C)c4ccccc43)c3cccc4oc5ccccc5c34)cc21. The van der Waals surface area contributed by atoms with E-state index in [0.29, 0.717) is 0 Å². The Hall–Kier alpha value is -6.64. The maximum atomic E-state index is 6.54. The molecule has 0 atom stereocenters. The number of rotatable bonds is 3.